The second-order valence-electron chi connectivity index (χ2n) is 6.67. The summed E-state index contributed by atoms with van der Waals surface area (Å²) >= 11 is 5.96. The zero-order chi connectivity index (χ0) is 26.9. The van der Waals surface area contributed by atoms with Crippen LogP contribution in [0.25, 0.3) is 10.9 Å². The third-order valence-electron chi connectivity index (χ3n) is 4.50. The van der Waals surface area contributed by atoms with Gasteiger partial charge in [0.15, 0.2) is 5.75 Å². The van der Waals surface area contributed by atoms with E-state index in [1.165, 1.54) is 4.90 Å². The van der Waals surface area contributed by atoms with Crippen LogP contribution in [0.2, 0.25) is 5.02 Å². The first-order valence-electron chi connectivity index (χ1n) is 9.35. The van der Waals surface area contributed by atoms with Crippen LogP contribution < -0.4 is 9.47 Å². The molecule has 0 aliphatic heterocycles. The van der Waals surface area contributed by atoms with Crippen molar-refractivity contribution in [3.05, 3.63) is 26.8 Å². The highest BCUT2D eigenvalue weighted by molar-refractivity contribution is 6.36. The van der Waals surface area contributed by atoms with Crippen LogP contribution in [0.15, 0.2) is 6.07 Å². The molecule has 1 aromatic carbocycles. The zero-order valence-corrected chi connectivity index (χ0v) is 18.3. The molecule has 1 heterocycles. The van der Waals surface area contributed by atoms with Crippen molar-refractivity contribution >= 4 is 40.1 Å². The Hall–Kier alpha value is -3.40. The van der Waals surface area contributed by atoms with E-state index in [0.29, 0.717) is 6.07 Å². The second kappa shape index (κ2) is 10.1. The highest BCUT2D eigenvalue weighted by Crippen LogP contribution is 2.46. The number of aromatic nitrogens is 1. The number of nitrogens with zero attached hydrogens (tertiary/aromatic N) is 3. The molecule has 2 rings (SSSR count). The van der Waals surface area contributed by atoms with Crippen LogP contribution in [-0.4, -0.2) is 57.3 Å². The quantitative estimate of drug-likeness (QED) is 0.240. The summed E-state index contributed by atoms with van der Waals surface area (Å²) in [6, 6.07) is 0.508. The first-order chi connectivity index (χ1) is 16.0. The maximum absolute atomic E-state index is 13.0. The van der Waals surface area contributed by atoms with Gasteiger partial charge in [0.05, 0.1) is 20.9 Å². The summed E-state index contributed by atoms with van der Waals surface area (Å²) in [5.41, 5.74) is -2.93. The molecule has 0 saturated heterocycles. The van der Waals surface area contributed by atoms with Gasteiger partial charge in [-0.25, -0.2) is 14.6 Å². The third-order valence-corrected chi connectivity index (χ3v) is 4.80. The summed E-state index contributed by atoms with van der Waals surface area (Å²) in [4.78, 5) is 38.0. The van der Waals surface area contributed by atoms with Gasteiger partial charge in [-0.05, 0) is 13.1 Å². The fourth-order valence-electron chi connectivity index (χ4n) is 2.80. The number of benzene rings is 1. The van der Waals surface area contributed by atoms with Crippen molar-refractivity contribution in [3.63, 3.8) is 0 Å². The number of alkyl halides is 6. The van der Waals surface area contributed by atoms with E-state index < -0.39 is 80.3 Å². The smallest absolute Gasteiger partial charge is 0.491 e. The van der Waals surface area contributed by atoms with Crippen molar-refractivity contribution in [2.45, 2.75) is 32.7 Å². The fraction of sp³-hybridized carbons (Fsp3) is 0.389. The maximum Gasteiger partial charge on any atom is 0.491 e. The van der Waals surface area contributed by atoms with Gasteiger partial charge in [-0.2, -0.15) is 26.3 Å². The molecule has 1 N–H and O–H groups in total. The van der Waals surface area contributed by atoms with Gasteiger partial charge < -0.3 is 14.6 Å². The van der Waals surface area contributed by atoms with Gasteiger partial charge in [-0.15, -0.1) is 0 Å². The SMILES string of the molecule is CCN(CC)Cc1c(OC(=O)C(F)(F)F)nc2c(O)c([N+](=O)[O-])cc(Cl)c2c1OC(=O)C(F)(F)F. The number of carbonyl (C=O) groups is 2. The third kappa shape index (κ3) is 6.00. The predicted molar refractivity (Wildman–Crippen MR) is 105 cm³/mol. The van der Waals surface area contributed by atoms with E-state index in [-0.39, 0.29) is 13.1 Å². The van der Waals surface area contributed by atoms with Crippen LogP contribution in [0.4, 0.5) is 32.0 Å². The van der Waals surface area contributed by atoms with Gasteiger partial charge >= 0.3 is 30.0 Å². The molecule has 0 aliphatic carbocycles. The summed E-state index contributed by atoms with van der Waals surface area (Å²) < 4.78 is 86.1. The van der Waals surface area contributed by atoms with E-state index in [2.05, 4.69) is 14.5 Å². The van der Waals surface area contributed by atoms with Crippen molar-refractivity contribution in [2.75, 3.05) is 13.1 Å². The molecule has 2 aromatic rings. The average molecular weight is 534 g/mol. The number of phenolic OH excluding ortho intramolecular Hbond substituents is 1. The Bertz CT molecular complexity index is 1180. The van der Waals surface area contributed by atoms with E-state index in [9.17, 15) is 51.2 Å². The molecule has 0 bridgehead atoms. The van der Waals surface area contributed by atoms with E-state index in [0.717, 1.165) is 0 Å². The number of halogens is 7. The van der Waals surface area contributed by atoms with Gasteiger partial charge in [-0.3, -0.25) is 15.0 Å². The number of fused-ring (bicyclic) bond motifs is 1. The van der Waals surface area contributed by atoms with Gasteiger partial charge in [0.25, 0.3) is 0 Å². The minimum absolute atomic E-state index is 0.174. The van der Waals surface area contributed by atoms with E-state index in [1.807, 2.05) is 0 Å². The minimum Gasteiger partial charge on any atom is -0.501 e. The number of nitro benzene ring substituents is 1. The Morgan fingerprint density at radius 1 is 1.11 bits per heavy atom. The fourth-order valence-corrected chi connectivity index (χ4v) is 3.08. The second-order valence-corrected chi connectivity index (χ2v) is 7.07. The molecule has 0 radical (unpaired) electrons. The van der Waals surface area contributed by atoms with Crippen LogP contribution in [0.1, 0.15) is 19.4 Å². The molecule has 35 heavy (non-hydrogen) atoms. The highest BCUT2D eigenvalue weighted by Gasteiger charge is 2.44. The van der Waals surface area contributed by atoms with Crippen molar-refractivity contribution < 1.29 is 55.4 Å². The lowest BCUT2D eigenvalue weighted by Gasteiger charge is -2.23. The van der Waals surface area contributed by atoms with Gasteiger partial charge in [0.1, 0.15) is 5.52 Å². The number of aromatic hydroxyl groups is 1. The number of ether oxygens (including phenoxy) is 2. The molecule has 0 spiro atoms. The summed E-state index contributed by atoms with van der Waals surface area (Å²) in [5, 5.41) is 19.9. The number of esters is 2. The molecule has 0 atom stereocenters. The van der Waals surface area contributed by atoms with Crippen LogP contribution in [-0.2, 0) is 16.1 Å². The minimum atomic E-state index is -5.60. The Balaban J connectivity index is 3.02. The van der Waals surface area contributed by atoms with E-state index in [1.54, 1.807) is 13.8 Å². The lowest BCUT2D eigenvalue weighted by Crippen LogP contribution is -2.31. The van der Waals surface area contributed by atoms with Crippen molar-refractivity contribution in [1.82, 2.24) is 9.88 Å². The Kier molecular flexibility index (Phi) is 8.01. The maximum atomic E-state index is 13.0. The van der Waals surface area contributed by atoms with Crippen LogP contribution in [0.5, 0.6) is 17.4 Å². The zero-order valence-electron chi connectivity index (χ0n) is 17.6. The molecular weight excluding hydrogens is 520 g/mol. The van der Waals surface area contributed by atoms with Gasteiger partial charge in [0, 0.05) is 12.6 Å². The molecule has 0 saturated carbocycles. The first-order valence-corrected chi connectivity index (χ1v) is 9.73. The average Bonchev–Trinajstić information content (AvgIpc) is 2.73. The lowest BCUT2D eigenvalue weighted by atomic mass is 10.1. The predicted octanol–water partition coefficient (Wildman–Crippen LogP) is 4.28. The number of hydrogen-bond acceptors (Lipinski definition) is 9. The Labute approximate surface area is 196 Å². The molecule has 10 nitrogen and oxygen atoms in total. The van der Waals surface area contributed by atoms with Crippen LogP contribution in [0.3, 0.4) is 0 Å². The standard InChI is InChI=1S/C18H14ClF6N3O7/c1-3-27(4-2)6-7-13(34-15(30)17(20,21)22)10-8(19)5-9(28(32)33)12(29)11(10)26-14(7)35-16(31)18(23,24)25/h5,29H,3-4,6H2,1-2H3. The lowest BCUT2D eigenvalue weighted by molar-refractivity contribution is -0.385. The summed E-state index contributed by atoms with van der Waals surface area (Å²) in [5.74, 6) is -9.52. The number of hydrogen-bond donors (Lipinski definition) is 1. The highest BCUT2D eigenvalue weighted by atomic mass is 35.5. The van der Waals surface area contributed by atoms with Crippen molar-refractivity contribution in [3.8, 4) is 17.4 Å². The number of pyridine rings is 1. The largest absolute Gasteiger partial charge is 0.501 e. The number of phenols is 1. The molecular formula is C18H14ClF6N3O7. The topological polar surface area (TPSA) is 132 Å². The number of rotatable bonds is 7. The molecule has 0 fully saturated rings. The monoisotopic (exact) mass is 533 g/mol. The van der Waals surface area contributed by atoms with Gasteiger partial charge in [-0.1, -0.05) is 25.4 Å². The van der Waals surface area contributed by atoms with Crippen LogP contribution in [0, 0.1) is 10.1 Å². The molecule has 1 aromatic heterocycles. The first kappa shape index (κ1) is 27.8. The summed E-state index contributed by atoms with van der Waals surface area (Å²) in [6.45, 7) is 2.93. The normalized spacial score (nSPS) is 12.2. The van der Waals surface area contributed by atoms with Crippen molar-refractivity contribution in [2.24, 2.45) is 0 Å². The van der Waals surface area contributed by atoms with Crippen molar-refractivity contribution in [1.29, 1.82) is 0 Å². The number of nitro groups is 1. The van der Waals surface area contributed by atoms with E-state index >= 15 is 0 Å². The Morgan fingerprint density at radius 2 is 1.63 bits per heavy atom. The molecule has 192 valence electrons. The molecule has 17 heteroatoms. The molecule has 0 unspecified atom stereocenters. The molecule has 0 amide bonds. The van der Waals surface area contributed by atoms with Gasteiger partial charge in [0.2, 0.25) is 11.6 Å². The van der Waals surface area contributed by atoms with E-state index in [4.69, 9.17) is 11.6 Å². The Morgan fingerprint density at radius 3 is 2.09 bits per heavy atom. The summed E-state index contributed by atoms with van der Waals surface area (Å²) in [6.07, 6.45) is -11.2. The molecule has 0 aliphatic rings. The van der Waals surface area contributed by atoms with Crippen LogP contribution >= 0.6 is 11.6 Å². The summed E-state index contributed by atoms with van der Waals surface area (Å²) in [7, 11) is 0. The number of carbonyl (C=O) groups excluding carboxylic acids is 2.